The van der Waals surface area contributed by atoms with E-state index in [-0.39, 0.29) is 110 Å². The molecule has 0 radical (unpaired) electrons. The maximum absolute atomic E-state index is 12.6. The quantitative estimate of drug-likeness (QED) is 0.0143. The first-order valence-corrected chi connectivity index (χ1v) is 50.9. The van der Waals surface area contributed by atoms with Crippen molar-refractivity contribution in [1.82, 2.24) is 0 Å². The molecule has 1 aliphatic rings. The molecule has 0 bridgehead atoms. The topological polar surface area (TPSA) is 316 Å². The molecule has 1 aliphatic carbocycles. The number of hydrogen-bond acceptors (Lipinski definition) is 20. The number of aryl methyl sites for hydroxylation is 2. The SMILES string of the molecule is CC(C)Oc1ccc(C(=O)c2ccc(-c3ccccc3)cc2)c(O)c1.CC(C)Oc1ccc(C(=O)c2ccc3ccccc3c2)c(O)c1.CCCCCCCCOc1ccc(C(=O)c2ccccc2)c(O)c1.CCCCCOc1ccc(C(=O)c2ccccc2)c(O)c1.COc1ccc(C(=O)c2ccc(C)cc2O)cc1.Cc1ccc(C(=O)c2ccc(Cl)cc2)c(O)c1.O=C(c1ccccc1)c1ccc(OC2CCCCC2)cc1O. The van der Waals surface area contributed by atoms with E-state index in [4.69, 9.17) is 40.0 Å². The summed E-state index contributed by atoms with van der Waals surface area (Å²) in [6.07, 6.45) is 16.5. The number of hydrogen-bond donors (Lipinski definition) is 7. The van der Waals surface area contributed by atoms with Gasteiger partial charge in [-0.15, -0.1) is 0 Å². The van der Waals surface area contributed by atoms with Crippen molar-refractivity contribution in [2.45, 2.75) is 164 Å². The van der Waals surface area contributed by atoms with Crippen molar-refractivity contribution < 1.29 is 97.7 Å². The van der Waals surface area contributed by atoms with Crippen LogP contribution < -0.4 is 28.4 Å². The number of phenols is 7. The van der Waals surface area contributed by atoms with Crippen LogP contribution in [0.3, 0.4) is 0 Å². The number of rotatable bonds is 35. The summed E-state index contributed by atoms with van der Waals surface area (Å²) in [5.41, 5.74) is 9.83. The molecule has 0 aliphatic heterocycles. The first kappa shape index (κ1) is 113. The van der Waals surface area contributed by atoms with Crippen LogP contribution in [0.15, 0.2) is 364 Å². The highest BCUT2D eigenvalue weighted by Crippen LogP contribution is 2.36. The van der Waals surface area contributed by atoms with E-state index in [1.165, 1.54) is 69.2 Å². The van der Waals surface area contributed by atoms with Crippen molar-refractivity contribution in [3.8, 4) is 85.9 Å². The van der Waals surface area contributed by atoms with Crippen LogP contribution in [0, 0.1) is 13.8 Å². The standard InChI is InChI=1S/C22H20O3.C21H26O3.C20H18O3.C19H20O3.C18H20O3.C15H14O3.C14H11ClO2/c1-15(2)25-19-12-13-20(21(23)14-19)22(24)18-10-8-17(9-11-18)16-6-4-3-5-7-16;1-2-3-4-5-6-10-15-24-18-13-14-19(20(22)16-18)21(23)17-11-8-7-9-12-17;1-13(2)23-17-9-10-18(19(21)12-17)20(22)16-8-7-14-5-3-4-6-15(14)11-16;20-18-13-16(22-15-9-5-2-6-10-15)11-12-17(18)19(21)14-7-3-1-4-8-14;1-2-3-7-12-21-15-10-11-16(17(19)13-15)18(20)14-8-5-4-6-9-14;1-10-3-8-13(14(16)9-10)15(17)11-4-6-12(18-2)7-5-11;1-9-2-7-12(13(16)8-9)14(17)10-3-5-11(15)6-4-10/h3-15,23H,1-2H3;7-9,11-14,16,22H,2-6,10,15H2,1H3;3-13,21H,1-2H3;1,3-4,7-8,11-13,15,20H,2,5-6,9-10H2;4-6,8-11,13,19H,2-3,7,12H2,1H3;3-9,16H,1-2H3;2-8,16H,1H3. The Hall–Kier alpha value is -16.8. The summed E-state index contributed by atoms with van der Waals surface area (Å²) in [7, 11) is 1.57. The second-order valence-corrected chi connectivity index (χ2v) is 36.9. The molecule has 0 atom stereocenters. The van der Waals surface area contributed by atoms with Gasteiger partial charge in [0.2, 0.25) is 0 Å². The van der Waals surface area contributed by atoms with Gasteiger partial charge in [0.1, 0.15) is 74.7 Å². The zero-order valence-electron chi connectivity index (χ0n) is 86.0. The highest BCUT2D eigenvalue weighted by atomic mass is 35.5. The van der Waals surface area contributed by atoms with Crippen LogP contribution in [-0.4, -0.2) is 115 Å². The number of unbranched alkanes of at least 4 members (excludes halogenated alkanes) is 7. The molecule has 0 spiro atoms. The largest absolute Gasteiger partial charge is 0.507 e. The number of fused-ring (bicyclic) bond motifs is 1. The molecule has 1 fully saturated rings. The van der Waals surface area contributed by atoms with Gasteiger partial charge >= 0.3 is 0 Å². The molecule has 16 aromatic carbocycles. The molecular formula is C129H129ClO20. The van der Waals surface area contributed by atoms with Gasteiger partial charge in [-0.2, -0.15) is 0 Å². The number of benzene rings is 16. The number of ether oxygens (including phenoxy) is 6. The van der Waals surface area contributed by atoms with E-state index in [9.17, 15) is 69.3 Å². The monoisotopic (exact) mass is 2030 g/mol. The Morgan fingerprint density at radius 2 is 0.567 bits per heavy atom. The van der Waals surface area contributed by atoms with Crippen LogP contribution in [-0.2, 0) is 0 Å². The zero-order chi connectivity index (χ0) is 107. The Balaban J connectivity index is 0.000000166. The van der Waals surface area contributed by atoms with Crippen molar-refractivity contribution in [2.24, 2.45) is 0 Å². The molecule has 0 heterocycles. The van der Waals surface area contributed by atoms with Gasteiger partial charge in [0.15, 0.2) is 40.5 Å². The molecule has 20 nitrogen and oxygen atoms in total. The molecule has 0 aromatic heterocycles. The molecule has 7 N–H and O–H groups in total. The van der Waals surface area contributed by atoms with E-state index < -0.39 is 0 Å². The molecule has 0 saturated heterocycles. The highest BCUT2D eigenvalue weighted by molar-refractivity contribution is 6.30. The number of carbonyl (C=O) groups excluding carboxylic acids is 7. The number of methoxy groups -OCH3 is 1. The van der Waals surface area contributed by atoms with Crippen molar-refractivity contribution in [3.63, 3.8) is 0 Å². The van der Waals surface area contributed by atoms with Crippen LogP contribution in [0.2, 0.25) is 5.02 Å². The van der Waals surface area contributed by atoms with Gasteiger partial charge in [-0.3, -0.25) is 33.6 Å². The predicted molar refractivity (Wildman–Crippen MR) is 593 cm³/mol. The Kier molecular flexibility index (Phi) is 44.2. The van der Waals surface area contributed by atoms with E-state index in [1.807, 2.05) is 163 Å². The Morgan fingerprint density at radius 1 is 0.280 bits per heavy atom. The number of ketones is 7. The maximum Gasteiger partial charge on any atom is 0.196 e. The predicted octanol–water partition coefficient (Wildman–Crippen LogP) is 30.1. The van der Waals surface area contributed by atoms with Crippen LogP contribution in [0.4, 0.5) is 0 Å². The van der Waals surface area contributed by atoms with Gasteiger partial charge in [-0.25, -0.2) is 0 Å². The van der Waals surface area contributed by atoms with Crippen LogP contribution in [0.25, 0.3) is 21.9 Å². The second kappa shape index (κ2) is 58.5. The average molecular weight is 2030 g/mol. The lowest BCUT2D eigenvalue weighted by molar-refractivity contribution is 0.102. The van der Waals surface area contributed by atoms with Gasteiger partial charge in [-0.05, 0) is 253 Å². The normalized spacial score (nSPS) is 11.2. The third-order valence-corrected chi connectivity index (χ3v) is 24.3. The Morgan fingerprint density at radius 3 is 0.953 bits per heavy atom. The Bertz CT molecular complexity index is 7110. The van der Waals surface area contributed by atoms with Crippen LogP contribution >= 0.6 is 11.6 Å². The lowest BCUT2D eigenvalue weighted by Crippen LogP contribution is -2.19. The lowest BCUT2D eigenvalue weighted by atomic mass is 9.97. The fraction of sp³-hybridized carbons (Fsp3) is 0.217. The highest BCUT2D eigenvalue weighted by Gasteiger charge is 2.24. The molecule has 0 amide bonds. The summed E-state index contributed by atoms with van der Waals surface area (Å²) in [6.45, 7) is 17.0. The molecule has 16 aromatic rings. The van der Waals surface area contributed by atoms with E-state index in [2.05, 4.69) is 13.8 Å². The fourth-order valence-corrected chi connectivity index (χ4v) is 16.2. The second-order valence-electron chi connectivity index (χ2n) is 36.5. The minimum Gasteiger partial charge on any atom is -0.507 e. The van der Waals surface area contributed by atoms with E-state index in [0.29, 0.717) is 119 Å². The van der Waals surface area contributed by atoms with Crippen molar-refractivity contribution in [2.75, 3.05) is 20.3 Å². The number of halogens is 1. The lowest BCUT2D eigenvalue weighted by Gasteiger charge is -2.23. The molecule has 17 rings (SSSR count). The van der Waals surface area contributed by atoms with Gasteiger partial charge in [0.25, 0.3) is 0 Å². The number of carbonyl (C=O) groups is 7. The summed E-state index contributed by atoms with van der Waals surface area (Å²) < 4.78 is 33.2. The smallest absolute Gasteiger partial charge is 0.196 e. The minimum atomic E-state index is -0.215. The average Bonchev–Trinajstić information content (AvgIpc) is 0.807. The summed E-state index contributed by atoms with van der Waals surface area (Å²) in [4.78, 5) is 86.6. The van der Waals surface area contributed by atoms with Crippen molar-refractivity contribution in [1.29, 1.82) is 0 Å². The first-order chi connectivity index (χ1) is 72.4. The van der Waals surface area contributed by atoms with E-state index >= 15 is 0 Å². The molecule has 772 valence electrons. The summed E-state index contributed by atoms with van der Waals surface area (Å²) in [6, 6.07) is 105. The summed E-state index contributed by atoms with van der Waals surface area (Å²) in [5, 5.41) is 72.8. The first-order valence-electron chi connectivity index (χ1n) is 50.5. The Labute approximate surface area is 882 Å². The molecular weight excluding hydrogens is 1900 g/mol. The van der Waals surface area contributed by atoms with Gasteiger partial charge in [0.05, 0.1) is 77.6 Å². The van der Waals surface area contributed by atoms with Gasteiger partial charge in [0, 0.05) is 74.3 Å². The summed E-state index contributed by atoms with van der Waals surface area (Å²) in [5.74, 6) is 2.00. The zero-order valence-corrected chi connectivity index (χ0v) is 86.8. The maximum atomic E-state index is 12.6. The van der Waals surface area contributed by atoms with Gasteiger partial charge in [-0.1, -0.05) is 271 Å². The minimum absolute atomic E-state index is 0.00458. The molecule has 150 heavy (non-hydrogen) atoms. The molecule has 21 heteroatoms. The fourth-order valence-electron chi connectivity index (χ4n) is 16.1. The van der Waals surface area contributed by atoms with Gasteiger partial charge < -0.3 is 64.2 Å². The van der Waals surface area contributed by atoms with E-state index in [0.717, 1.165) is 78.0 Å². The van der Waals surface area contributed by atoms with E-state index in [1.54, 1.807) is 225 Å². The summed E-state index contributed by atoms with van der Waals surface area (Å²) >= 11 is 5.75. The van der Waals surface area contributed by atoms with Crippen LogP contribution in [0.1, 0.15) is 254 Å². The van der Waals surface area contributed by atoms with Crippen LogP contribution in [0.5, 0.6) is 74.7 Å². The number of aromatic hydroxyl groups is 7. The van der Waals surface area contributed by atoms with Crippen molar-refractivity contribution >= 4 is 62.9 Å². The van der Waals surface area contributed by atoms with Crippen molar-refractivity contribution in [3.05, 3.63) is 458 Å². The number of phenolic OH excluding ortho intramolecular Hbond substituents is 7. The third-order valence-electron chi connectivity index (χ3n) is 24.1. The molecule has 0 unspecified atom stereocenters. The molecule has 1 saturated carbocycles. The third kappa shape index (κ3) is 34.7.